The van der Waals surface area contributed by atoms with Crippen LogP contribution in [0.1, 0.15) is 41.6 Å². The van der Waals surface area contributed by atoms with E-state index in [-0.39, 0.29) is 24.2 Å². The molecule has 152 valence electrons. The van der Waals surface area contributed by atoms with Crippen LogP contribution in [0.15, 0.2) is 60.0 Å². The summed E-state index contributed by atoms with van der Waals surface area (Å²) >= 11 is 0. The van der Waals surface area contributed by atoms with Gasteiger partial charge in [-0.15, -0.1) is 5.10 Å². The number of hydrogen-bond donors (Lipinski definition) is 2. The van der Waals surface area contributed by atoms with Crippen LogP contribution in [0.4, 0.5) is 4.39 Å². The van der Waals surface area contributed by atoms with Gasteiger partial charge in [0.25, 0.3) is 0 Å². The van der Waals surface area contributed by atoms with Crippen molar-refractivity contribution in [2.75, 3.05) is 0 Å². The molecule has 0 unspecified atom stereocenters. The molecule has 7 heteroatoms. The average molecular weight is 404 g/mol. The summed E-state index contributed by atoms with van der Waals surface area (Å²) in [6.45, 7) is 2.34. The van der Waals surface area contributed by atoms with Crippen molar-refractivity contribution in [3.8, 4) is 17.7 Å². The molecule has 30 heavy (non-hydrogen) atoms. The molecule has 0 amide bonds. The number of ether oxygens (including phenoxy) is 2. The molecule has 3 aromatic rings. The van der Waals surface area contributed by atoms with Crippen molar-refractivity contribution < 1.29 is 13.9 Å². The summed E-state index contributed by atoms with van der Waals surface area (Å²) in [6.07, 6.45) is 1.71. The topological polar surface area (TPSA) is 97.0 Å². The van der Waals surface area contributed by atoms with Crippen molar-refractivity contribution in [3.63, 3.8) is 0 Å². The standard InChI is InChI=1S/C23H21FN4O2/c1-2-4-19-21-20(18(12-25)22(26)30-23(21)28-27-19)15-7-9-17(10-8-15)29-13-14-5-3-6-16(24)11-14/h3,5-11,20H,2,4,13,26H2,1H3,(H,27,28)/t20-/m0/s1. The maximum Gasteiger partial charge on any atom is 0.244 e. The maximum atomic E-state index is 13.3. The minimum Gasteiger partial charge on any atom is -0.489 e. The normalized spacial score (nSPS) is 15.3. The molecule has 0 aliphatic carbocycles. The zero-order valence-corrected chi connectivity index (χ0v) is 16.5. The molecular weight excluding hydrogens is 383 g/mol. The van der Waals surface area contributed by atoms with Crippen LogP contribution in [-0.4, -0.2) is 10.2 Å². The summed E-state index contributed by atoms with van der Waals surface area (Å²) in [7, 11) is 0. The van der Waals surface area contributed by atoms with Gasteiger partial charge in [-0.3, -0.25) is 5.10 Å². The van der Waals surface area contributed by atoms with Crippen molar-refractivity contribution in [3.05, 3.63) is 88.2 Å². The number of nitrogens with zero attached hydrogens (tertiary/aromatic N) is 2. The number of rotatable bonds is 6. The fourth-order valence-electron chi connectivity index (χ4n) is 3.63. The molecule has 2 aromatic carbocycles. The Kier molecular flexibility index (Phi) is 5.40. The van der Waals surface area contributed by atoms with E-state index in [1.54, 1.807) is 6.07 Å². The molecule has 6 nitrogen and oxygen atoms in total. The summed E-state index contributed by atoms with van der Waals surface area (Å²) in [4.78, 5) is 0. The Hall–Kier alpha value is -3.79. The van der Waals surface area contributed by atoms with Gasteiger partial charge in [-0.2, -0.15) is 5.26 Å². The molecule has 1 atom stereocenters. The first-order valence-electron chi connectivity index (χ1n) is 9.72. The SMILES string of the molecule is CCCc1[nH]nc2c1[C@@H](c1ccc(OCc3cccc(F)c3)cc1)C(C#N)=C(N)O2. The van der Waals surface area contributed by atoms with Crippen molar-refractivity contribution in [1.82, 2.24) is 10.2 Å². The Morgan fingerprint density at radius 1 is 1.27 bits per heavy atom. The van der Waals surface area contributed by atoms with E-state index in [9.17, 15) is 9.65 Å². The third-order valence-electron chi connectivity index (χ3n) is 5.03. The fraction of sp³-hybridized carbons (Fsp3) is 0.217. The van der Waals surface area contributed by atoms with Gasteiger partial charge in [0.15, 0.2) is 0 Å². The van der Waals surface area contributed by atoms with Gasteiger partial charge in [-0.1, -0.05) is 37.6 Å². The quantitative estimate of drug-likeness (QED) is 0.638. The summed E-state index contributed by atoms with van der Waals surface area (Å²) in [5.41, 5.74) is 9.76. The molecule has 3 N–H and O–H groups in total. The number of halogens is 1. The lowest BCUT2D eigenvalue weighted by Gasteiger charge is -2.24. The van der Waals surface area contributed by atoms with Gasteiger partial charge in [0.05, 0.1) is 5.92 Å². The largest absolute Gasteiger partial charge is 0.489 e. The molecule has 1 aliphatic rings. The Balaban J connectivity index is 1.61. The first-order chi connectivity index (χ1) is 14.6. The van der Waals surface area contributed by atoms with Crippen LogP contribution in [0.5, 0.6) is 11.6 Å². The van der Waals surface area contributed by atoms with Crippen LogP contribution in [0.2, 0.25) is 0 Å². The van der Waals surface area contributed by atoms with Crippen molar-refractivity contribution in [2.45, 2.75) is 32.3 Å². The summed E-state index contributed by atoms with van der Waals surface area (Å²) in [5.74, 6) is 0.462. The van der Waals surface area contributed by atoms with E-state index in [0.717, 1.165) is 35.2 Å². The van der Waals surface area contributed by atoms with E-state index in [2.05, 4.69) is 23.2 Å². The van der Waals surface area contributed by atoms with Crippen LogP contribution >= 0.6 is 0 Å². The van der Waals surface area contributed by atoms with Gasteiger partial charge in [-0.05, 0) is 41.8 Å². The van der Waals surface area contributed by atoms with Gasteiger partial charge < -0.3 is 15.2 Å². The van der Waals surface area contributed by atoms with E-state index < -0.39 is 0 Å². The van der Waals surface area contributed by atoms with E-state index in [1.807, 2.05) is 30.3 Å². The molecule has 1 aliphatic heterocycles. The number of nitrogens with two attached hydrogens (primary N) is 1. The Bertz CT molecular complexity index is 1130. The number of benzene rings is 2. The Morgan fingerprint density at radius 2 is 2.07 bits per heavy atom. The number of hydrogen-bond acceptors (Lipinski definition) is 5. The monoisotopic (exact) mass is 404 g/mol. The lowest BCUT2D eigenvalue weighted by atomic mass is 9.83. The number of nitriles is 1. The van der Waals surface area contributed by atoms with Crippen molar-refractivity contribution in [1.29, 1.82) is 5.26 Å². The van der Waals surface area contributed by atoms with Gasteiger partial charge in [-0.25, -0.2) is 4.39 Å². The summed E-state index contributed by atoms with van der Waals surface area (Å²) in [6, 6.07) is 15.9. The Morgan fingerprint density at radius 3 is 2.77 bits per heavy atom. The number of aromatic nitrogens is 2. The van der Waals surface area contributed by atoms with Crippen LogP contribution in [0.3, 0.4) is 0 Å². The van der Waals surface area contributed by atoms with Gasteiger partial charge >= 0.3 is 0 Å². The number of aryl methyl sites for hydroxylation is 1. The molecular formula is C23H21FN4O2. The predicted molar refractivity (Wildman–Crippen MR) is 109 cm³/mol. The highest BCUT2D eigenvalue weighted by atomic mass is 19.1. The third-order valence-corrected chi connectivity index (χ3v) is 5.03. The molecule has 0 radical (unpaired) electrons. The number of fused-ring (bicyclic) bond motifs is 1. The van der Waals surface area contributed by atoms with E-state index in [0.29, 0.717) is 17.2 Å². The highest BCUT2D eigenvalue weighted by Gasteiger charge is 2.34. The number of nitrogens with one attached hydrogen (secondary N) is 1. The average Bonchev–Trinajstić information content (AvgIpc) is 3.14. The second kappa shape index (κ2) is 8.29. The highest BCUT2D eigenvalue weighted by Crippen LogP contribution is 2.43. The molecule has 2 heterocycles. The lowest BCUT2D eigenvalue weighted by Crippen LogP contribution is -2.21. The van der Waals surface area contributed by atoms with Gasteiger partial charge in [0, 0.05) is 11.3 Å². The third kappa shape index (κ3) is 3.72. The minimum atomic E-state index is -0.365. The van der Waals surface area contributed by atoms with E-state index >= 15 is 0 Å². The second-order valence-corrected chi connectivity index (χ2v) is 7.08. The highest BCUT2D eigenvalue weighted by molar-refractivity contribution is 5.55. The molecule has 1 aromatic heterocycles. The zero-order valence-electron chi connectivity index (χ0n) is 16.5. The molecule has 0 saturated heterocycles. The van der Waals surface area contributed by atoms with Crippen molar-refractivity contribution >= 4 is 0 Å². The molecule has 0 spiro atoms. The second-order valence-electron chi connectivity index (χ2n) is 7.08. The van der Waals surface area contributed by atoms with Gasteiger partial charge in [0.1, 0.15) is 29.8 Å². The molecule has 0 saturated carbocycles. The first kappa shape index (κ1) is 19.5. The molecule has 0 bridgehead atoms. The molecule has 4 rings (SSSR count). The fourth-order valence-corrected chi connectivity index (χ4v) is 3.63. The van der Waals surface area contributed by atoms with Crippen LogP contribution < -0.4 is 15.2 Å². The minimum absolute atomic E-state index is 0.0657. The van der Waals surface area contributed by atoms with Gasteiger partial charge in [0.2, 0.25) is 11.8 Å². The number of H-pyrrole nitrogens is 1. The lowest BCUT2D eigenvalue weighted by molar-refractivity contribution is 0.305. The zero-order chi connectivity index (χ0) is 21.1. The smallest absolute Gasteiger partial charge is 0.244 e. The van der Waals surface area contributed by atoms with Crippen LogP contribution in [0, 0.1) is 17.1 Å². The maximum absolute atomic E-state index is 13.3. The summed E-state index contributed by atoms with van der Waals surface area (Å²) < 4.78 is 24.7. The first-order valence-corrected chi connectivity index (χ1v) is 9.72. The molecule has 0 fully saturated rings. The van der Waals surface area contributed by atoms with Crippen LogP contribution in [0.25, 0.3) is 0 Å². The predicted octanol–water partition coefficient (Wildman–Crippen LogP) is 4.30. The number of aromatic amines is 1. The Labute approximate surface area is 173 Å². The van der Waals surface area contributed by atoms with E-state index in [1.165, 1.54) is 12.1 Å². The van der Waals surface area contributed by atoms with Crippen LogP contribution in [-0.2, 0) is 13.0 Å². The van der Waals surface area contributed by atoms with Crippen molar-refractivity contribution in [2.24, 2.45) is 5.73 Å². The van der Waals surface area contributed by atoms with E-state index in [4.69, 9.17) is 15.2 Å². The number of allylic oxidation sites excluding steroid dienone is 1. The summed E-state index contributed by atoms with van der Waals surface area (Å²) in [5, 5.41) is 17.0.